The molecule has 1 saturated heterocycles. The molecule has 8 heteroatoms. The summed E-state index contributed by atoms with van der Waals surface area (Å²) in [5.41, 5.74) is 9.32. The standard InChI is InChI=1S/C23H32N6O2/c1-3-6-19(11-14-30-2)31-23-26-21(24)20-15-25-29(22(20)27-23)16-17-7-9-18(10-8-17)28-12-4-5-13-28/h7-10,15,19H,3-6,11-14,16H2,1-2H3,(H2,24,26,27). The van der Waals surface area contributed by atoms with E-state index in [1.807, 2.05) is 4.68 Å². The van der Waals surface area contributed by atoms with Gasteiger partial charge in [0.2, 0.25) is 0 Å². The Morgan fingerprint density at radius 2 is 1.87 bits per heavy atom. The predicted molar refractivity (Wildman–Crippen MR) is 123 cm³/mol. The summed E-state index contributed by atoms with van der Waals surface area (Å²) < 4.78 is 13.1. The molecule has 8 nitrogen and oxygen atoms in total. The highest BCUT2D eigenvalue weighted by Crippen LogP contribution is 2.24. The van der Waals surface area contributed by atoms with Crippen molar-refractivity contribution in [3.63, 3.8) is 0 Å². The average molecular weight is 425 g/mol. The first kappa shape index (κ1) is 21.4. The van der Waals surface area contributed by atoms with Gasteiger partial charge in [0, 0.05) is 38.9 Å². The number of nitrogens with two attached hydrogens (primary N) is 1. The lowest BCUT2D eigenvalue weighted by molar-refractivity contribution is 0.112. The van der Waals surface area contributed by atoms with Crippen LogP contribution in [0.4, 0.5) is 11.5 Å². The summed E-state index contributed by atoms with van der Waals surface area (Å²) in [5.74, 6) is 0.387. The monoisotopic (exact) mass is 424 g/mol. The Hall–Kier alpha value is -2.87. The van der Waals surface area contributed by atoms with Crippen molar-refractivity contribution in [1.82, 2.24) is 19.7 Å². The molecule has 0 spiro atoms. The van der Waals surface area contributed by atoms with E-state index in [0.29, 0.717) is 30.6 Å². The first-order chi connectivity index (χ1) is 15.2. The normalized spacial score (nSPS) is 15.0. The second-order valence-corrected chi connectivity index (χ2v) is 8.10. The van der Waals surface area contributed by atoms with Crippen LogP contribution >= 0.6 is 0 Å². The molecular weight excluding hydrogens is 392 g/mol. The third-order valence-corrected chi connectivity index (χ3v) is 5.77. The molecule has 0 bridgehead atoms. The zero-order valence-electron chi connectivity index (χ0n) is 18.5. The van der Waals surface area contributed by atoms with Gasteiger partial charge >= 0.3 is 6.01 Å². The van der Waals surface area contributed by atoms with Gasteiger partial charge in [-0.15, -0.1) is 0 Å². The number of benzene rings is 1. The topological polar surface area (TPSA) is 91.3 Å². The molecule has 1 atom stereocenters. The summed E-state index contributed by atoms with van der Waals surface area (Å²) in [7, 11) is 1.69. The van der Waals surface area contributed by atoms with Gasteiger partial charge < -0.3 is 20.1 Å². The number of hydrogen-bond acceptors (Lipinski definition) is 7. The Balaban J connectivity index is 1.53. The van der Waals surface area contributed by atoms with E-state index in [-0.39, 0.29) is 6.10 Å². The molecule has 3 aromatic rings. The van der Waals surface area contributed by atoms with Crippen molar-refractivity contribution < 1.29 is 9.47 Å². The number of methoxy groups -OCH3 is 1. The smallest absolute Gasteiger partial charge is 0.320 e. The Morgan fingerprint density at radius 1 is 1.10 bits per heavy atom. The predicted octanol–water partition coefficient (Wildman–Crippen LogP) is 3.64. The highest BCUT2D eigenvalue weighted by Gasteiger charge is 2.17. The van der Waals surface area contributed by atoms with Crippen molar-refractivity contribution in [3.8, 4) is 6.01 Å². The summed E-state index contributed by atoms with van der Waals surface area (Å²) in [4.78, 5) is 11.4. The van der Waals surface area contributed by atoms with Gasteiger partial charge in [-0.1, -0.05) is 25.5 Å². The van der Waals surface area contributed by atoms with Gasteiger partial charge in [-0.05, 0) is 37.0 Å². The number of nitrogens with zero attached hydrogens (tertiary/aromatic N) is 5. The second-order valence-electron chi connectivity index (χ2n) is 8.10. The van der Waals surface area contributed by atoms with Crippen molar-refractivity contribution in [2.45, 2.75) is 51.7 Å². The van der Waals surface area contributed by atoms with E-state index in [9.17, 15) is 0 Å². The fourth-order valence-electron chi connectivity index (χ4n) is 4.07. The lowest BCUT2D eigenvalue weighted by atomic mass is 10.1. The first-order valence-corrected chi connectivity index (χ1v) is 11.2. The molecular formula is C23H32N6O2. The van der Waals surface area contributed by atoms with Crippen LogP contribution in [0.15, 0.2) is 30.5 Å². The van der Waals surface area contributed by atoms with Gasteiger partial charge in [-0.25, -0.2) is 4.68 Å². The van der Waals surface area contributed by atoms with Gasteiger partial charge in [0.05, 0.1) is 18.1 Å². The van der Waals surface area contributed by atoms with Crippen LogP contribution in [0.25, 0.3) is 11.0 Å². The first-order valence-electron chi connectivity index (χ1n) is 11.2. The molecule has 4 rings (SSSR count). The van der Waals surface area contributed by atoms with Crippen LogP contribution in [-0.2, 0) is 11.3 Å². The van der Waals surface area contributed by atoms with Gasteiger partial charge in [0.25, 0.3) is 0 Å². The quantitative estimate of drug-likeness (QED) is 0.531. The molecule has 0 radical (unpaired) electrons. The van der Waals surface area contributed by atoms with Gasteiger partial charge in [-0.2, -0.15) is 15.1 Å². The average Bonchev–Trinajstić information content (AvgIpc) is 3.44. The fourth-order valence-corrected chi connectivity index (χ4v) is 4.07. The van der Waals surface area contributed by atoms with Crippen LogP contribution in [0, 0.1) is 0 Å². The minimum Gasteiger partial charge on any atom is -0.460 e. The van der Waals surface area contributed by atoms with Gasteiger partial charge in [-0.3, -0.25) is 0 Å². The number of aromatic nitrogens is 4. The number of fused-ring (bicyclic) bond motifs is 1. The molecule has 1 unspecified atom stereocenters. The van der Waals surface area contributed by atoms with Crippen LogP contribution in [0.5, 0.6) is 6.01 Å². The van der Waals surface area contributed by atoms with Crippen LogP contribution in [-0.4, -0.2) is 52.7 Å². The van der Waals surface area contributed by atoms with E-state index in [1.165, 1.54) is 18.5 Å². The number of hydrogen-bond donors (Lipinski definition) is 1. The summed E-state index contributed by atoms with van der Waals surface area (Å²) in [5, 5.41) is 5.25. The molecule has 1 aliphatic heterocycles. The minimum absolute atomic E-state index is 0.00342. The Bertz CT molecular complexity index is 982. The van der Waals surface area contributed by atoms with Crippen LogP contribution < -0.4 is 15.4 Å². The maximum Gasteiger partial charge on any atom is 0.320 e. The third kappa shape index (κ3) is 5.07. The third-order valence-electron chi connectivity index (χ3n) is 5.77. The summed E-state index contributed by atoms with van der Waals surface area (Å²) >= 11 is 0. The van der Waals surface area contributed by atoms with E-state index < -0.39 is 0 Å². The molecule has 0 saturated carbocycles. The fraction of sp³-hybridized carbons (Fsp3) is 0.522. The number of nitrogen functional groups attached to an aromatic ring is 1. The van der Waals surface area contributed by atoms with Crippen LogP contribution in [0.2, 0.25) is 0 Å². The molecule has 166 valence electrons. The molecule has 1 aliphatic rings. The molecule has 0 amide bonds. The Labute approximate surface area is 183 Å². The molecule has 1 fully saturated rings. The van der Waals surface area contributed by atoms with Crippen molar-refractivity contribution in [2.24, 2.45) is 0 Å². The summed E-state index contributed by atoms with van der Waals surface area (Å²) in [6, 6.07) is 8.99. The van der Waals surface area contributed by atoms with Crippen molar-refractivity contribution in [1.29, 1.82) is 0 Å². The highest BCUT2D eigenvalue weighted by atomic mass is 16.5. The molecule has 2 N–H and O–H groups in total. The molecule has 3 heterocycles. The number of rotatable bonds is 10. The van der Waals surface area contributed by atoms with E-state index in [2.05, 4.69) is 51.2 Å². The number of ether oxygens (including phenoxy) is 2. The van der Waals surface area contributed by atoms with Crippen molar-refractivity contribution in [2.75, 3.05) is 37.4 Å². The minimum atomic E-state index is -0.00342. The van der Waals surface area contributed by atoms with Crippen LogP contribution in [0.1, 0.15) is 44.6 Å². The summed E-state index contributed by atoms with van der Waals surface area (Å²) in [6.07, 6.45) is 6.98. The Kier molecular flexibility index (Phi) is 6.86. The number of anilines is 2. The van der Waals surface area contributed by atoms with Gasteiger partial charge in [0.15, 0.2) is 5.65 Å². The van der Waals surface area contributed by atoms with Crippen molar-refractivity contribution in [3.05, 3.63) is 36.0 Å². The Morgan fingerprint density at radius 3 is 2.58 bits per heavy atom. The molecule has 2 aromatic heterocycles. The maximum absolute atomic E-state index is 6.19. The lowest BCUT2D eigenvalue weighted by Crippen LogP contribution is -2.20. The van der Waals surface area contributed by atoms with Gasteiger partial charge in [0.1, 0.15) is 11.9 Å². The van der Waals surface area contributed by atoms with Crippen molar-refractivity contribution >= 4 is 22.5 Å². The molecule has 0 aliphatic carbocycles. The van der Waals surface area contributed by atoms with E-state index >= 15 is 0 Å². The molecule has 1 aromatic carbocycles. The lowest BCUT2D eigenvalue weighted by Gasteiger charge is -2.18. The SMILES string of the molecule is CCCC(CCOC)Oc1nc(N)c2cnn(Cc3ccc(N4CCCC4)cc3)c2n1. The van der Waals surface area contributed by atoms with E-state index in [4.69, 9.17) is 15.2 Å². The zero-order chi connectivity index (χ0) is 21.6. The maximum atomic E-state index is 6.19. The largest absolute Gasteiger partial charge is 0.460 e. The van der Waals surface area contributed by atoms with Crippen LogP contribution in [0.3, 0.4) is 0 Å². The second kappa shape index (κ2) is 9.96. The summed E-state index contributed by atoms with van der Waals surface area (Å²) in [6.45, 7) is 5.66. The zero-order valence-corrected chi connectivity index (χ0v) is 18.5. The molecule has 31 heavy (non-hydrogen) atoms. The van der Waals surface area contributed by atoms with E-state index in [1.54, 1.807) is 13.3 Å². The highest BCUT2D eigenvalue weighted by molar-refractivity contribution is 5.85. The van der Waals surface area contributed by atoms with E-state index in [0.717, 1.165) is 43.3 Å².